The summed E-state index contributed by atoms with van der Waals surface area (Å²) < 4.78 is 5.70. The van der Waals surface area contributed by atoms with Gasteiger partial charge in [0, 0.05) is 32.4 Å². The average Bonchev–Trinajstić information content (AvgIpc) is 2.78. The second-order valence-electron chi connectivity index (χ2n) is 5.14. The van der Waals surface area contributed by atoms with E-state index in [1.54, 1.807) is 0 Å². The highest BCUT2D eigenvalue weighted by Gasteiger charge is 2.41. The number of ether oxygens (including phenoxy) is 1. The minimum absolute atomic E-state index is 0.0707. The molecule has 1 N–H and O–H groups in total. The highest BCUT2D eigenvalue weighted by molar-refractivity contribution is 5.37. The number of aromatic nitrogens is 2. The molecular formula is C12H18N4O. The molecule has 1 fully saturated rings. The van der Waals surface area contributed by atoms with Crippen molar-refractivity contribution in [2.24, 2.45) is 0 Å². The third-order valence-electron chi connectivity index (χ3n) is 3.63. The van der Waals surface area contributed by atoms with E-state index in [-0.39, 0.29) is 5.41 Å². The predicted molar refractivity (Wildman–Crippen MR) is 65.2 cm³/mol. The smallest absolute Gasteiger partial charge is 0.225 e. The molecule has 2 aliphatic rings. The molecule has 5 nitrogen and oxygen atoms in total. The van der Waals surface area contributed by atoms with Gasteiger partial charge in [-0.15, -0.1) is 0 Å². The molecule has 1 saturated heterocycles. The van der Waals surface area contributed by atoms with Crippen molar-refractivity contribution in [1.29, 1.82) is 0 Å². The monoisotopic (exact) mass is 234 g/mol. The Hall–Kier alpha value is -1.20. The van der Waals surface area contributed by atoms with Crippen molar-refractivity contribution in [1.82, 2.24) is 15.3 Å². The Morgan fingerprint density at radius 2 is 2.35 bits per heavy atom. The molecule has 3 rings (SSSR count). The molecule has 92 valence electrons. The highest BCUT2D eigenvalue weighted by atomic mass is 16.5. The number of nitrogens with one attached hydrogen (secondary N) is 1. The number of anilines is 1. The zero-order valence-corrected chi connectivity index (χ0v) is 10.4. The van der Waals surface area contributed by atoms with Crippen LogP contribution in [0.1, 0.15) is 17.7 Å². The van der Waals surface area contributed by atoms with Crippen LogP contribution >= 0.6 is 0 Å². The lowest BCUT2D eigenvalue weighted by molar-refractivity contribution is 0.0550. The number of nitrogens with zero attached hydrogens (tertiary/aromatic N) is 3. The van der Waals surface area contributed by atoms with Gasteiger partial charge < -0.3 is 15.0 Å². The van der Waals surface area contributed by atoms with E-state index in [1.165, 1.54) is 5.69 Å². The van der Waals surface area contributed by atoms with Gasteiger partial charge in [-0.05, 0) is 13.0 Å². The summed E-state index contributed by atoms with van der Waals surface area (Å²) in [7, 11) is 3.95. The maximum absolute atomic E-state index is 5.70. The number of fused-ring (bicyclic) bond motifs is 2. The number of rotatable bonds is 1. The van der Waals surface area contributed by atoms with Crippen molar-refractivity contribution >= 4 is 5.95 Å². The van der Waals surface area contributed by atoms with E-state index in [2.05, 4.69) is 10.3 Å². The molecule has 1 aromatic heterocycles. The van der Waals surface area contributed by atoms with Gasteiger partial charge in [0.05, 0.1) is 24.3 Å². The summed E-state index contributed by atoms with van der Waals surface area (Å²) in [6, 6.07) is 0. The van der Waals surface area contributed by atoms with Crippen LogP contribution in [0.4, 0.5) is 5.95 Å². The summed E-state index contributed by atoms with van der Waals surface area (Å²) in [5.41, 5.74) is 2.40. The van der Waals surface area contributed by atoms with Gasteiger partial charge in [0.15, 0.2) is 0 Å². The molecule has 1 aromatic rings. The summed E-state index contributed by atoms with van der Waals surface area (Å²) in [6.07, 6.45) is 3.01. The van der Waals surface area contributed by atoms with Crippen molar-refractivity contribution in [3.8, 4) is 0 Å². The minimum Gasteiger partial charge on any atom is -0.376 e. The fourth-order valence-electron chi connectivity index (χ4n) is 2.67. The summed E-state index contributed by atoms with van der Waals surface area (Å²) in [5, 5.41) is 3.42. The largest absolute Gasteiger partial charge is 0.376 e. The SMILES string of the molecule is CN(C)c1ncc2c(n1)[C@]1(CCNC1)COC2. The zero-order valence-electron chi connectivity index (χ0n) is 10.4. The van der Waals surface area contributed by atoms with Crippen LogP contribution in [-0.2, 0) is 16.8 Å². The molecule has 0 bridgehead atoms. The lowest BCUT2D eigenvalue weighted by atomic mass is 9.81. The molecular weight excluding hydrogens is 216 g/mol. The van der Waals surface area contributed by atoms with E-state index >= 15 is 0 Å². The molecule has 1 spiro atoms. The van der Waals surface area contributed by atoms with Crippen LogP contribution < -0.4 is 10.2 Å². The van der Waals surface area contributed by atoms with E-state index in [9.17, 15) is 0 Å². The fraction of sp³-hybridized carbons (Fsp3) is 0.667. The molecule has 1 atom stereocenters. The van der Waals surface area contributed by atoms with Crippen molar-refractivity contribution in [2.75, 3.05) is 38.7 Å². The van der Waals surface area contributed by atoms with E-state index < -0.39 is 0 Å². The van der Waals surface area contributed by atoms with Crippen LogP contribution in [0.2, 0.25) is 0 Å². The molecule has 17 heavy (non-hydrogen) atoms. The normalized spacial score (nSPS) is 27.2. The first kappa shape index (κ1) is 10.9. The van der Waals surface area contributed by atoms with Crippen LogP contribution in [-0.4, -0.2) is 43.8 Å². The van der Waals surface area contributed by atoms with Crippen molar-refractivity contribution in [2.45, 2.75) is 18.4 Å². The van der Waals surface area contributed by atoms with Gasteiger partial charge in [-0.3, -0.25) is 0 Å². The summed E-state index contributed by atoms with van der Waals surface area (Å²) >= 11 is 0. The second-order valence-corrected chi connectivity index (χ2v) is 5.14. The first-order valence-corrected chi connectivity index (χ1v) is 6.03. The quantitative estimate of drug-likeness (QED) is 0.757. The zero-order chi connectivity index (χ0) is 11.9. The first-order valence-electron chi connectivity index (χ1n) is 6.03. The van der Waals surface area contributed by atoms with E-state index in [1.807, 2.05) is 25.2 Å². The maximum Gasteiger partial charge on any atom is 0.225 e. The number of hydrogen-bond acceptors (Lipinski definition) is 5. The van der Waals surface area contributed by atoms with Crippen LogP contribution in [0.5, 0.6) is 0 Å². The standard InChI is InChI=1S/C12H18N4O/c1-16(2)11-14-5-9-6-17-8-12(10(9)15-11)3-4-13-7-12/h5,13H,3-4,6-8H2,1-2H3/t12-/m0/s1. The molecule has 0 radical (unpaired) electrons. The lowest BCUT2D eigenvalue weighted by Gasteiger charge is -2.34. The highest BCUT2D eigenvalue weighted by Crippen LogP contribution is 2.36. The van der Waals surface area contributed by atoms with E-state index in [4.69, 9.17) is 9.72 Å². The van der Waals surface area contributed by atoms with E-state index in [0.717, 1.165) is 37.6 Å². The van der Waals surface area contributed by atoms with Gasteiger partial charge in [0.25, 0.3) is 0 Å². The first-order chi connectivity index (χ1) is 8.21. The summed E-state index contributed by atoms with van der Waals surface area (Å²) in [4.78, 5) is 11.1. The van der Waals surface area contributed by atoms with Crippen LogP contribution in [0, 0.1) is 0 Å². The predicted octanol–water partition coefficient (Wildman–Crippen LogP) is 0.304. The Morgan fingerprint density at radius 3 is 3.06 bits per heavy atom. The molecule has 0 saturated carbocycles. The Kier molecular flexibility index (Phi) is 2.52. The molecule has 0 amide bonds. The van der Waals surface area contributed by atoms with Gasteiger partial charge in [-0.25, -0.2) is 9.97 Å². The minimum atomic E-state index is 0.0707. The van der Waals surface area contributed by atoms with Crippen LogP contribution in [0.15, 0.2) is 6.20 Å². The van der Waals surface area contributed by atoms with Crippen molar-refractivity contribution in [3.63, 3.8) is 0 Å². The molecule has 2 aliphatic heterocycles. The Bertz CT molecular complexity index is 427. The Morgan fingerprint density at radius 1 is 1.47 bits per heavy atom. The molecule has 0 aromatic carbocycles. The lowest BCUT2D eigenvalue weighted by Crippen LogP contribution is -2.40. The Labute approximate surface area is 101 Å². The van der Waals surface area contributed by atoms with Gasteiger partial charge in [0.2, 0.25) is 5.95 Å². The van der Waals surface area contributed by atoms with Crippen LogP contribution in [0.3, 0.4) is 0 Å². The third-order valence-corrected chi connectivity index (χ3v) is 3.63. The number of hydrogen-bond donors (Lipinski definition) is 1. The summed E-state index contributed by atoms with van der Waals surface area (Å²) in [6.45, 7) is 3.43. The summed E-state index contributed by atoms with van der Waals surface area (Å²) in [5.74, 6) is 0.789. The van der Waals surface area contributed by atoms with Crippen LogP contribution in [0.25, 0.3) is 0 Å². The maximum atomic E-state index is 5.70. The molecule has 3 heterocycles. The topological polar surface area (TPSA) is 50.3 Å². The third kappa shape index (κ3) is 1.70. The van der Waals surface area contributed by atoms with E-state index in [0.29, 0.717) is 6.61 Å². The van der Waals surface area contributed by atoms with Crippen molar-refractivity contribution < 1.29 is 4.74 Å². The average molecular weight is 234 g/mol. The van der Waals surface area contributed by atoms with Gasteiger partial charge in [0.1, 0.15) is 0 Å². The molecule has 0 aliphatic carbocycles. The van der Waals surface area contributed by atoms with Crippen molar-refractivity contribution in [3.05, 3.63) is 17.5 Å². The molecule has 0 unspecified atom stereocenters. The fourth-order valence-corrected chi connectivity index (χ4v) is 2.67. The molecule has 5 heteroatoms. The second kappa shape index (κ2) is 3.92. The Balaban J connectivity index is 2.08. The van der Waals surface area contributed by atoms with Gasteiger partial charge >= 0.3 is 0 Å². The van der Waals surface area contributed by atoms with Gasteiger partial charge in [-0.2, -0.15) is 0 Å². The van der Waals surface area contributed by atoms with Gasteiger partial charge in [-0.1, -0.05) is 0 Å².